The van der Waals surface area contributed by atoms with Gasteiger partial charge in [0.25, 0.3) is 0 Å². The lowest BCUT2D eigenvalue weighted by molar-refractivity contribution is 0.543. The number of anilines is 1. The van der Waals surface area contributed by atoms with Gasteiger partial charge < -0.3 is 4.90 Å². The fraction of sp³-hybridized carbons (Fsp3) is 0.571. The number of nitrogens with zero attached hydrogens (tertiary/aromatic N) is 6. The van der Waals surface area contributed by atoms with Gasteiger partial charge in [0.2, 0.25) is 17.2 Å². The van der Waals surface area contributed by atoms with Crippen LogP contribution in [0.3, 0.4) is 0 Å². The smallest absolute Gasteiger partial charge is 0.241 e. The summed E-state index contributed by atoms with van der Waals surface area (Å²) in [4.78, 5) is 19.1. The van der Waals surface area contributed by atoms with Crippen LogP contribution >= 0.6 is 11.6 Å². The molecule has 0 unspecified atom stereocenters. The van der Waals surface area contributed by atoms with Gasteiger partial charge in [-0.05, 0) is 24.4 Å². The first-order chi connectivity index (χ1) is 10.2. The largest absolute Gasteiger partial charge is 0.341 e. The third-order valence-electron chi connectivity index (χ3n) is 4.01. The third-order valence-corrected chi connectivity index (χ3v) is 4.18. The van der Waals surface area contributed by atoms with Crippen LogP contribution < -0.4 is 4.90 Å². The van der Waals surface area contributed by atoms with E-state index in [2.05, 4.69) is 24.8 Å². The van der Waals surface area contributed by atoms with Gasteiger partial charge in [-0.3, -0.25) is 4.57 Å². The Kier molecular flexibility index (Phi) is 4.34. The standard InChI is InChI=1S/C14H19ClN6/c1-20(11-6-4-2-3-5-7-11)13-17-12(15)18-14(19-13)21-9-8-16-10-21/h8-11H,2-7H2,1H3. The van der Waals surface area contributed by atoms with E-state index in [4.69, 9.17) is 11.6 Å². The average molecular weight is 307 g/mol. The molecule has 0 bridgehead atoms. The number of hydrogen-bond acceptors (Lipinski definition) is 5. The molecule has 2 aromatic rings. The first-order valence-corrected chi connectivity index (χ1v) is 7.74. The average Bonchev–Trinajstić information content (AvgIpc) is 2.89. The van der Waals surface area contributed by atoms with Crippen LogP contribution in [0.5, 0.6) is 0 Å². The van der Waals surface area contributed by atoms with Crippen LogP contribution in [0.15, 0.2) is 18.7 Å². The molecule has 112 valence electrons. The quantitative estimate of drug-likeness (QED) is 0.816. The predicted molar refractivity (Wildman–Crippen MR) is 81.9 cm³/mol. The highest BCUT2D eigenvalue weighted by molar-refractivity contribution is 6.28. The second-order valence-corrected chi connectivity index (χ2v) is 5.77. The van der Waals surface area contributed by atoms with Crippen LogP contribution in [0.25, 0.3) is 5.95 Å². The van der Waals surface area contributed by atoms with E-state index >= 15 is 0 Å². The van der Waals surface area contributed by atoms with Crippen molar-refractivity contribution in [2.45, 2.75) is 44.6 Å². The Balaban J connectivity index is 1.87. The van der Waals surface area contributed by atoms with E-state index in [0.29, 0.717) is 17.9 Å². The lowest BCUT2D eigenvalue weighted by Gasteiger charge is -2.27. The first-order valence-electron chi connectivity index (χ1n) is 7.37. The minimum Gasteiger partial charge on any atom is -0.341 e. The fourth-order valence-electron chi connectivity index (χ4n) is 2.79. The Hall–Kier alpha value is -1.69. The number of rotatable bonds is 3. The second kappa shape index (κ2) is 6.39. The summed E-state index contributed by atoms with van der Waals surface area (Å²) in [5.41, 5.74) is 0. The van der Waals surface area contributed by atoms with E-state index in [1.165, 1.54) is 38.5 Å². The summed E-state index contributed by atoms with van der Waals surface area (Å²) in [5.74, 6) is 1.13. The summed E-state index contributed by atoms with van der Waals surface area (Å²) in [6, 6.07) is 0.474. The zero-order valence-corrected chi connectivity index (χ0v) is 12.9. The van der Waals surface area contributed by atoms with Crippen LogP contribution in [-0.4, -0.2) is 37.6 Å². The van der Waals surface area contributed by atoms with Crippen molar-refractivity contribution in [2.24, 2.45) is 0 Å². The maximum Gasteiger partial charge on any atom is 0.241 e. The van der Waals surface area contributed by atoms with Gasteiger partial charge in [0.1, 0.15) is 6.33 Å². The lowest BCUT2D eigenvalue weighted by Crippen LogP contribution is -2.33. The monoisotopic (exact) mass is 306 g/mol. The minimum atomic E-state index is 0.212. The van der Waals surface area contributed by atoms with Crippen LogP contribution in [0.1, 0.15) is 38.5 Å². The van der Waals surface area contributed by atoms with E-state index in [1.807, 2.05) is 7.05 Å². The zero-order chi connectivity index (χ0) is 14.7. The topological polar surface area (TPSA) is 59.7 Å². The highest BCUT2D eigenvalue weighted by atomic mass is 35.5. The first kappa shape index (κ1) is 14.3. The molecular weight excluding hydrogens is 288 g/mol. The summed E-state index contributed by atoms with van der Waals surface area (Å²) in [6.07, 6.45) is 12.7. The van der Waals surface area contributed by atoms with Gasteiger partial charge in [-0.15, -0.1) is 0 Å². The molecule has 0 radical (unpaired) electrons. The molecule has 6 nitrogen and oxygen atoms in total. The Labute approximate surface area is 129 Å². The van der Waals surface area contributed by atoms with E-state index < -0.39 is 0 Å². The molecule has 3 rings (SSSR count). The van der Waals surface area contributed by atoms with Gasteiger partial charge >= 0.3 is 0 Å². The van der Waals surface area contributed by atoms with Gasteiger partial charge in [0.15, 0.2) is 0 Å². The second-order valence-electron chi connectivity index (χ2n) is 5.43. The molecule has 1 fully saturated rings. The molecule has 0 aromatic carbocycles. The van der Waals surface area contributed by atoms with Gasteiger partial charge in [-0.1, -0.05) is 25.7 Å². The number of halogens is 1. The van der Waals surface area contributed by atoms with Crippen molar-refractivity contribution in [1.82, 2.24) is 24.5 Å². The lowest BCUT2D eigenvalue weighted by atomic mass is 10.1. The van der Waals surface area contributed by atoms with Gasteiger partial charge in [0.05, 0.1) is 0 Å². The molecule has 1 aliphatic rings. The Morgan fingerprint density at radius 3 is 2.57 bits per heavy atom. The van der Waals surface area contributed by atoms with Gasteiger partial charge in [0, 0.05) is 25.5 Å². The normalized spacial score (nSPS) is 16.7. The van der Waals surface area contributed by atoms with Crippen molar-refractivity contribution in [3.05, 3.63) is 24.0 Å². The van der Waals surface area contributed by atoms with Crippen LogP contribution in [-0.2, 0) is 0 Å². The Bertz CT molecular complexity index is 577. The maximum atomic E-state index is 6.06. The molecule has 7 heteroatoms. The number of aromatic nitrogens is 5. The molecular formula is C14H19ClN6. The summed E-state index contributed by atoms with van der Waals surface area (Å²) in [7, 11) is 2.04. The van der Waals surface area contributed by atoms with Gasteiger partial charge in [-0.25, -0.2) is 4.98 Å². The van der Waals surface area contributed by atoms with Crippen molar-refractivity contribution in [3.63, 3.8) is 0 Å². The molecule has 2 aromatic heterocycles. The minimum absolute atomic E-state index is 0.212. The van der Waals surface area contributed by atoms with Crippen molar-refractivity contribution in [1.29, 1.82) is 0 Å². The van der Waals surface area contributed by atoms with Crippen molar-refractivity contribution in [3.8, 4) is 5.95 Å². The molecule has 0 aliphatic heterocycles. The van der Waals surface area contributed by atoms with Crippen molar-refractivity contribution < 1.29 is 0 Å². The molecule has 1 saturated carbocycles. The van der Waals surface area contributed by atoms with Crippen molar-refractivity contribution in [2.75, 3.05) is 11.9 Å². The van der Waals surface area contributed by atoms with E-state index in [9.17, 15) is 0 Å². The van der Waals surface area contributed by atoms with Crippen molar-refractivity contribution >= 4 is 17.5 Å². The Morgan fingerprint density at radius 2 is 1.90 bits per heavy atom. The van der Waals surface area contributed by atoms with Crippen LogP contribution in [0, 0.1) is 0 Å². The highest BCUT2D eigenvalue weighted by Crippen LogP contribution is 2.24. The Morgan fingerprint density at radius 1 is 1.14 bits per heavy atom. The van der Waals surface area contributed by atoms with E-state index in [1.54, 1.807) is 23.3 Å². The molecule has 0 spiro atoms. The number of hydrogen-bond donors (Lipinski definition) is 0. The molecule has 2 heterocycles. The summed E-state index contributed by atoms with van der Waals surface area (Å²) < 4.78 is 1.73. The zero-order valence-electron chi connectivity index (χ0n) is 12.1. The third kappa shape index (κ3) is 3.32. The molecule has 1 aliphatic carbocycles. The molecule has 0 atom stereocenters. The van der Waals surface area contributed by atoms with Crippen LogP contribution in [0.2, 0.25) is 5.28 Å². The SMILES string of the molecule is CN(c1nc(Cl)nc(-n2ccnc2)n1)C1CCCCCC1. The van der Waals surface area contributed by atoms with Gasteiger partial charge in [-0.2, -0.15) is 15.0 Å². The number of imidazole rings is 1. The summed E-state index contributed by atoms with van der Waals surface area (Å²) in [6.45, 7) is 0. The molecule has 0 saturated heterocycles. The fourth-order valence-corrected chi connectivity index (χ4v) is 2.94. The van der Waals surface area contributed by atoms with E-state index in [-0.39, 0.29) is 5.28 Å². The predicted octanol–water partition coefficient (Wildman–Crippen LogP) is 2.87. The highest BCUT2D eigenvalue weighted by Gasteiger charge is 2.20. The summed E-state index contributed by atoms with van der Waals surface area (Å²) in [5, 5.41) is 0.212. The summed E-state index contributed by atoms with van der Waals surface area (Å²) >= 11 is 6.06. The molecule has 0 amide bonds. The van der Waals surface area contributed by atoms with Crippen LogP contribution in [0.4, 0.5) is 5.95 Å². The van der Waals surface area contributed by atoms with E-state index in [0.717, 1.165) is 0 Å². The maximum absolute atomic E-state index is 6.06. The molecule has 0 N–H and O–H groups in total. The molecule has 21 heavy (non-hydrogen) atoms.